The molecule has 0 radical (unpaired) electrons. The van der Waals surface area contributed by atoms with Crippen molar-refractivity contribution in [2.24, 2.45) is 0 Å². The van der Waals surface area contributed by atoms with Gasteiger partial charge in [0.1, 0.15) is 23.7 Å². The molecular weight excluding hydrogens is 336 g/mol. The predicted molar refractivity (Wildman–Crippen MR) is 95.8 cm³/mol. The van der Waals surface area contributed by atoms with Crippen molar-refractivity contribution in [2.75, 3.05) is 27.3 Å². The molecule has 0 bridgehead atoms. The molecule has 0 amide bonds. The summed E-state index contributed by atoms with van der Waals surface area (Å²) in [6.45, 7) is 5.95. The van der Waals surface area contributed by atoms with Gasteiger partial charge in [0.2, 0.25) is 0 Å². The van der Waals surface area contributed by atoms with Crippen LogP contribution in [0.4, 0.5) is 0 Å². The summed E-state index contributed by atoms with van der Waals surface area (Å²) in [5.74, 6) is 2.75. The molecule has 2 atom stereocenters. The average molecular weight is 362 g/mol. The lowest BCUT2D eigenvalue weighted by molar-refractivity contribution is -0.0277. The van der Waals surface area contributed by atoms with Crippen LogP contribution < -0.4 is 14.2 Å². The number of nitrogens with zero attached hydrogens (tertiary/aromatic N) is 2. The molecule has 1 saturated heterocycles. The van der Waals surface area contributed by atoms with Gasteiger partial charge in [-0.25, -0.2) is 0 Å². The monoisotopic (exact) mass is 362 g/mol. The predicted octanol–water partition coefficient (Wildman–Crippen LogP) is 2.32. The first-order valence-electron chi connectivity index (χ1n) is 8.72. The first-order chi connectivity index (χ1) is 12.5. The Kier molecular flexibility index (Phi) is 5.68. The zero-order valence-electron chi connectivity index (χ0n) is 15.7. The lowest BCUT2D eigenvalue weighted by Gasteiger charge is -2.35. The molecule has 142 valence electrons. The van der Waals surface area contributed by atoms with Gasteiger partial charge in [0.25, 0.3) is 0 Å². The van der Waals surface area contributed by atoms with Crippen LogP contribution in [0.3, 0.4) is 0 Å². The van der Waals surface area contributed by atoms with Crippen molar-refractivity contribution in [1.82, 2.24) is 10.1 Å². The molecule has 1 aliphatic rings. The second-order valence-electron chi connectivity index (χ2n) is 6.57. The highest BCUT2D eigenvalue weighted by molar-refractivity contribution is 5.45. The van der Waals surface area contributed by atoms with E-state index in [0.29, 0.717) is 23.8 Å². The standard InChI is InChI=1S/C19H26N2O5/c1-12-15(13(2)26-20-12)10-21-8-7-17(16(22)11-21)25-14-5-6-18(23-3)19(9-14)24-4/h5-6,9,16-17,22H,7-8,10-11H2,1-4H3/t16-,17-/m1/s1. The van der Waals surface area contributed by atoms with Crippen LogP contribution in [-0.2, 0) is 6.54 Å². The summed E-state index contributed by atoms with van der Waals surface area (Å²) in [6, 6.07) is 5.40. The number of likely N-dealkylation sites (tertiary alicyclic amines) is 1. The van der Waals surface area contributed by atoms with Gasteiger partial charge < -0.3 is 23.8 Å². The van der Waals surface area contributed by atoms with Gasteiger partial charge in [-0.3, -0.25) is 4.90 Å². The van der Waals surface area contributed by atoms with E-state index in [1.807, 2.05) is 19.9 Å². The van der Waals surface area contributed by atoms with Gasteiger partial charge in [0.05, 0.1) is 19.9 Å². The minimum atomic E-state index is -0.572. The van der Waals surface area contributed by atoms with E-state index >= 15 is 0 Å². The summed E-state index contributed by atoms with van der Waals surface area (Å²) in [7, 11) is 3.18. The van der Waals surface area contributed by atoms with Crippen molar-refractivity contribution in [2.45, 2.75) is 39.0 Å². The number of ether oxygens (including phenoxy) is 3. The highest BCUT2D eigenvalue weighted by Gasteiger charge is 2.30. The molecule has 2 heterocycles. The number of aromatic nitrogens is 1. The van der Waals surface area contributed by atoms with E-state index in [2.05, 4.69) is 10.1 Å². The van der Waals surface area contributed by atoms with Crippen molar-refractivity contribution in [3.63, 3.8) is 0 Å². The van der Waals surface area contributed by atoms with Crippen LogP contribution in [0.2, 0.25) is 0 Å². The van der Waals surface area contributed by atoms with E-state index in [4.69, 9.17) is 18.7 Å². The largest absolute Gasteiger partial charge is 0.493 e. The number of methoxy groups -OCH3 is 2. The molecule has 1 N–H and O–H groups in total. The molecule has 1 fully saturated rings. The smallest absolute Gasteiger partial charge is 0.164 e. The van der Waals surface area contributed by atoms with Crippen molar-refractivity contribution >= 4 is 0 Å². The lowest BCUT2D eigenvalue weighted by atomic mass is 10.0. The minimum absolute atomic E-state index is 0.256. The first kappa shape index (κ1) is 18.5. The van der Waals surface area contributed by atoms with Crippen LogP contribution in [0, 0.1) is 13.8 Å². The molecule has 7 heteroatoms. The molecule has 0 aliphatic carbocycles. The van der Waals surface area contributed by atoms with Crippen LogP contribution in [-0.4, -0.2) is 54.7 Å². The van der Waals surface area contributed by atoms with Gasteiger partial charge in [0.15, 0.2) is 11.5 Å². The highest BCUT2D eigenvalue weighted by Crippen LogP contribution is 2.32. The summed E-state index contributed by atoms with van der Waals surface area (Å²) >= 11 is 0. The average Bonchev–Trinajstić information content (AvgIpc) is 2.95. The Morgan fingerprint density at radius 1 is 1.23 bits per heavy atom. The Morgan fingerprint density at radius 3 is 2.62 bits per heavy atom. The zero-order valence-corrected chi connectivity index (χ0v) is 15.7. The summed E-state index contributed by atoms with van der Waals surface area (Å²) < 4.78 is 21.8. The maximum atomic E-state index is 10.5. The maximum absolute atomic E-state index is 10.5. The fraction of sp³-hybridized carbons (Fsp3) is 0.526. The number of aliphatic hydroxyl groups excluding tert-OH is 1. The lowest BCUT2D eigenvalue weighted by Crippen LogP contribution is -2.48. The molecule has 1 aliphatic heterocycles. The molecule has 0 spiro atoms. The van der Waals surface area contributed by atoms with E-state index in [1.54, 1.807) is 26.4 Å². The summed E-state index contributed by atoms with van der Waals surface area (Å²) in [5.41, 5.74) is 2.00. The van der Waals surface area contributed by atoms with Gasteiger partial charge in [-0.2, -0.15) is 0 Å². The van der Waals surface area contributed by atoms with Gasteiger partial charge in [0, 0.05) is 31.3 Å². The van der Waals surface area contributed by atoms with Crippen LogP contribution >= 0.6 is 0 Å². The Bertz CT molecular complexity index is 726. The van der Waals surface area contributed by atoms with E-state index in [-0.39, 0.29) is 6.10 Å². The van der Waals surface area contributed by atoms with Crippen molar-refractivity contribution in [3.8, 4) is 17.2 Å². The van der Waals surface area contributed by atoms with Crippen molar-refractivity contribution in [3.05, 3.63) is 35.2 Å². The van der Waals surface area contributed by atoms with E-state index in [9.17, 15) is 5.11 Å². The Hall–Kier alpha value is -2.25. The Morgan fingerprint density at radius 2 is 2.00 bits per heavy atom. The SMILES string of the molecule is COc1ccc(O[C@@H]2CCN(Cc3c(C)noc3C)C[C@H]2O)cc1OC. The second kappa shape index (κ2) is 7.97. The van der Waals surface area contributed by atoms with Crippen LogP contribution in [0.1, 0.15) is 23.4 Å². The number of piperidine rings is 1. The Labute approximate surface area is 153 Å². The van der Waals surface area contributed by atoms with E-state index in [1.165, 1.54) is 0 Å². The fourth-order valence-electron chi connectivity index (χ4n) is 3.27. The van der Waals surface area contributed by atoms with E-state index < -0.39 is 6.10 Å². The number of aliphatic hydroxyl groups is 1. The van der Waals surface area contributed by atoms with Crippen LogP contribution in [0.5, 0.6) is 17.2 Å². The third-order valence-electron chi connectivity index (χ3n) is 4.81. The van der Waals surface area contributed by atoms with Gasteiger partial charge in [-0.05, 0) is 32.4 Å². The molecule has 2 aromatic rings. The summed E-state index contributed by atoms with van der Waals surface area (Å²) in [5, 5.41) is 14.5. The summed E-state index contributed by atoms with van der Waals surface area (Å²) in [4.78, 5) is 2.20. The van der Waals surface area contributed by atoms with Crippen molar-refractivity contribution < 1.29 is 23.8 Å². The molecule has 0 unspecified atom stereocenters. The normalized spacial score (nSPS) is 20.8. The molecule has 3 rings (SSSR count). The Balaban J connectivity index is 1.61. The zero-order chi connectivity index (χ0) is 18.7. The van der Waals surface area contributed by atoms with Crippen LogP contribution in [0.15, 0.2) is 22.7 Å². The number of rotatable bonds is 6. The highest BCUT2D eigenvalue weighted by atomic mass is 16.5. The molecule has 1 aromatic heterocycles. The van der Waals surface area contributed by atoms with E-state index in [0.717, 1.165) is 36.5 Å². The third-order valence-corrected chi connectivity index (χ3v) is 4.81. The molecule has 26 heavy (non-hydrogen) atoms. The summed E-state index contributed by atoms with van der Waals surface area (Å²) in [6.07, 6.45) is -0.0925. The maximum Gasteiger partial charge on any atom is 0.164 e. The second-order valence-corrected chi connectivity index (χ2v) is 6.57. The fourth-order valence-corrected chi connectivity index (χ4v) is 3.27. The van der Waals surface area contributed by atoms with Crippen molar-refractivity contribution in [1.29, 1.82) is 0 Å². The first-order valence-corrected chi connectivity index (χ1v) is 8.72. The molecule has 0 saturated carbocycles. The number of β-amino-alcohol motifs (C(OH)–C–C–N with tert-alkyl or cyclic N) is 1. The number of hydrogen-bond acceptors (Lipinski definition) is 7. The quantitative estimate of drug-likeness (QED) is 0.845. The molecular formula is C19H26N2O5. The molecule has 1 aromatic carbocycles. The molecule has 7 nitrogen and oxygen atoms in total. The number of hydrogen-bond donors (Lipinski definition) is 1. The van der Waals surface area contributed by atoms with Crippen LogP contribution in [0.25, 0.3) is 0 Å². The third kappa shape index (κ3) is 3.94. The minimum Gasteiger partial charge on any atom is -0.493 e. The van der Waals surface area contributed by atoms with Gasteiger partial charge >= 0.3 is 0 Å². The number of benzene rings is 1. The number of aryl methyl sites for hydroxylation is 2. The van der Waals surface area contributed by atoms with Gasteiger partial charge in [-0.1, -0.05) is 5.16 Å². The topological polar surface area (TPSA) is 77.2 Å². The van der Waals surface area contributed by atoms with Gasteiger partial charge in [-0.15, -0.1) is 0 Å².